The summed E-state index contributed by atoms with van der Waals surface area (Å²) in [5, 5.41) is 18.5. The summed E-state index contributed by atoms with van der Waals surface area (Å²) in [5.41, 5.74) is 9.48. The van der Waals surface area contributed by atoms with Crippen molar-refractivity contribution < 1.29 is 0 Å². The second-order valence-electron chi connectivity index (χ2n) is 19.2. The van der Waals surface area contributed by atoms with Crippen molar-refractivity contribution >= 4 is 303 Å². The minimum absolute atomic E-state index is 0.744. The standard InChI is InChI=1S/C22H11Br3ClN.C22H10Br3N.C12H7Br2N.C10H5BrClI/c23-12-4-8-19-15(10-12)16-11-13(24)5-9-20(16)27(19)21-3-1-2-14-17(25)6-7-18(26)22(14)21;23-11-4-7-19-15(8-11)17-10-12(24)9-16-13-5-6-18(25)14-2-1-3-20(21(13)14)26(19)22(16)17;13-7-1-3-11-9(5-7)10-6-8(14)2-4-12(10)15-11;11-7-4-5-8(12)10-6(7)2-1-3-9(10)13/h1-11H;1-10H;1-6,15H;1-5H. The Hall–Kier alpha value is -3.55. The van der Waals surface area contributed by atoms with Crippen LogP contribution in [-0.4, -0.2) is 14.0 Å². The molecule has 4 aromatic heterocycles. The number of hydrogen-bond acceptors (Lipinski definition) is 0. The zero-order valence-corrected chi connectivity index (χ0v) is 59.3. The van der Waals surface area contributed by atoms with Gasteiger partial charge in [0.25, 0.3) is 0 Å². The van der Waals surface area contributed by atoms with Gasteiger partial charge in [-0.2, -0.15) is 0 Å². The van der Waals surface area contributed by atoms with Crippen LogP contribution in [0.15, 0.2) is 234 Å². The van der Waals surface area contributed by atoms with Crippen LogP contribution in [0.25, 0.3) is 120 Å². The Bertz CT molecular complexity index is 5120. The molecule has 81 heavy (non-hydrogen) atoms. The Kier molecular flexibility index (Phi) is 16.1. The molecule has 4 heterocycles. The molecular formula is C66H33Br9Cl2IN3. The van der Waals surface area contributed by atoms with E-state index in [9.17, 15) is 0 Å². The van der Waals surface area contributed by atoms with E-state index in [1.807, 2.05) is 42.5 Å². The van der Waals surface area contributed by atoms with E-state index in [-0.39, 0.29) is 0 Å². The van der Waals surface area contributed by atoms with Gasteiger partial charge >= 0.3 is 0 Å². The fraction of sp³-hybridized carbons (Fsp3) is 0. The van der Waals surface area contributed by atoms with Crippen molar-refractivity contribution in [3.05, 3.63) is 248 Å². The molecule has 12 aromatic carbocycles. The Morgan fingerprint density at radius 1 is 0.321 bits per heavy atom. The van der Waals surface area contributed by atoms with E-state index in [0.29, 0.717) is 0 Å². The second-order valence-corrected chi connectivity index (χ2v) is 29.3. The van der Waals surface area contributed by atoms with E-state index in [1.165, 1.54) is 90.4 Å². The molecule has 0 amide bonds. The van der Waals surface area contributed by atoms with Crippen LogP contribution in [0.4, 0.5) is 0 Å². The SMILES string of the molecule is Brc1ccc2[nH]c3ccc(Br)cc3c2c1.Brc1ccc2c(c1)c1cc(Br)cc3c4ccc(Br)c5cccc(c54)n2c31.Clc1ccc(Br)c2cccc(-n3c4ccc(Br)cc4c4cc(Br)ccc43)c12.Clc1ccc(Br)c2cccc(I)c12. The molecule has 16 aromatic rings. The third-order valence-corrected chi connectivity index (χ3v) is 21.1. The van der Waals surface area contributed by atoms with Crippen LogP contribution < -0.4 is 0 Å². The number of benzene rings is 12. The second kappa shape index (κ2) is 23.0. The van der Waals surface area contributed by atoms with Crippen LogP contribution in [0.2, 0.25) is 10.0 Å². The molecular weight excluding hydrogens is 1750 g/mol. The highest BCUT2D eigenvalue weighted by Gasteiger charge is 2.20. The summed E-state index contributed by atoms with van der Waals surface area (Å²) in [6, 6.07) is 67.6. The number of fused-ring (bicyclic) bond motifs is 13. The van der Waals surface area contributed by atoms with E-state index in [2.05, 4.69) is 332 Å². The van der Waals surface area contributed by atoms with Crippen molar-refractivity contribution in [2.75, 3.05) is 0 Å². The molecule has 16 rings (SSSR count). The summed E-state index contributed by atoms with van der Waals surface area (Å²) >= 11 is 47.6. The molecule has 0 saturated carbocycles. The Balaban J connectivity index is 0.000000106. The summed E-state index contributed by atoms with van der Waals surface area (Å²) < 4.78 is 15.7. The highest BCUT2D eigenvalue weighted by molar-refractivity contribution is 14.1. The summed E-state index contributed by atoms with van der Waals surface area (Å²) in [6.07, 6.45) is 0. The lowest BCUT2D eigenvalue weighted by Crippen LogP contribution is -1.96. The van der Waals surface area contributed by atoms with Gasteiger partial charge in [0.05, 0.1) is 38.3 Å². The largest absolute Gasteiger partial charge is 0.355 e. The molecule has 0 radical (unpaired) electrons. The topological polar surface area (TPSA) is 25.1 Å². The van der Waals surface area contributed by atoms with Crippen molar-refractivity contribution in [1.82, 2.24) is 14.0 Å². The zero-order valence-electron chi connectivity index (χ0n) is 41.4. The van der Waals surface area contributed by atoms with E-state index in [4.69, 9.17) is 23.2 Å². The maximum absolute atomic E-state index is 6.65. The van der Waals surface area contributed by atoms with Gasteiger partial charge in [0.15, 0.2) is 0 Å². The summed E-state index contributed by atoms with van der Waals surface area (Å²) in [6.45, 7) is 0. The van der Waals surface area contributed by atoms with Crippen LogP contribution in [0, 0.1) is 3.57 Å². The highest BCUT2D eigenvalue weighted by atomic mass is 127. The van der Waals surface area contributed by atoms with Gasteiger partial charge in [-0.05, 0) is 196 Å². The molecule has 0 bridgehead atoms. The first-order valence-electron chi connectivity index (χ1n) is 24.9. The monoisotopic (exact) mass is 1770 g/mol. The van der Waals surface area contributed by atoms with Gasteiger partial charge in [0, 0.05) is 114 Å². The molecule has 1 N–H and O–H groups in total. The number of aromatic nitrogens is 3. The van der Waals surface area contributed by atoms with Gasteiger partial charge in [-0.25, -0.2) is 0 Å². The lowest BCUT2D eigenvalue weighted by Gasteiger charge is -2.14. The number of rotatable bonds is 1. The van der Waals surface area contributed by atoms with Crippen molar-refractivity contribution in [3.8, 4) is 5.69 Å². The van der Waals surface area contributed by atoms with E-state index >= 15 is 0 Å². The van der Waals surface area contributed by atoms with Gasteiger partial charge in [-0.3, -0.25) is 0 Å². The van der Waals surface area contributed by atoms with Crippen molar-refractivity contribution in [2.24, 2.45) is 0 Å². The number of hydrogen-bond donors (Lipinski definition) is 1. The smallest absolute Gasteiger partial charge is 0.0620 e. The number of pyridine rings is 1. The molecule has 396 valence electrons. The predicted molar refractivity (Wildman–Crippen MR) is 389 cm³/mol. The lowest BCUT2D eigenvalue weighted by molar-refractivity contribution is 1.20. The number of nitrogens with zero attached hydrogens (tertiary/aromatic N) is 2. The Labute approximate surface area is 563 Å². The molecule has 15 heteroatoms. The predicted octanol–water partition coefficient (Wildman–Crippen LogP) is 26.9. The maximum Gasteiger partial charge on any atom is 0.0620 e. The first-order valence-corrected chi connectivity index (χ1v) is 33.9. The first-order chi connectivity index (χ1) is 39.1. The number of aromatic amines is 1. The molecule has 3 nitrogen and oxygen atoms in total. The fourth-order valence-electron chi connectivity index (χ4n) is 11.2. The fourth-order valence-corrected chi connectivity index (χ4v) is 16.3. The van der Waals surface area contributed by atoms with Gasteiger partial charge in [0.2, 0.25) is 0 Å². The normalized spacial score (nSPS) is 11.7. The minimum Gasteiger partial charge on any atom is -0.355 e. The van der Waals surface area contributed by atoms with E-state index in [0.717, 1.165) is 83.2 Å². The molecule has 0 aliphatic heterocycles. The molecule has 0 aliphatic carbocycles. The Morgan fingerprint density at radius 3 is 1.30 bits per heavy atom. The van der Waals surface area contributed by atoms with Gasteiger partial charge in [-0.1, -0.05) is 209 Å². The lowest BCUT2D eigenvalue weighted by atomic mass is 9.99. The molecule has 0 spiro atoms. The summed E-state index contributed by atoms with van der Waals surface area (Å²) in [4.78, 5) is 3.39. The zero-order chi connectivity index (χ0) is 56.1. The van der Waals surface area contributed by atoms with Gasteiger partial charge in [0.1, 0.15) is 0 Å². The quantitative estimate of drug-likeness (QED) is 0.0963. The van der Waals surface area contributed by atoms with E-state index < -0.39 is 0 Å². The Morgan fingerprint density at radius 2 is 0.741 bits per heavy atom. The van der Waals surface area contributed by atoms with Crippen molar-refractivity contribution in [3.63, 3.8) is 0 Å². The third kappa shape index (κ3) is 10.3. The maximum atomic E-state index is 6.65. The van der Waals surface area contributed by atoms with Gasteiger partial charge < -0.3 is 14.0 Å². The third-order valence-electron chi connectivity index (χ3n) is 14.5. The molecule has 0 atom stereocenters. The van der Waals surface area contributed by atoms with Crippen LogP contribution in [0.1, 0.15) is 0 Å². The average Bonchev–Trinajstić information content (AvgIpc) is 4.28. The van der Waals surface area contributed by atoms with Gasteiger partial charge in [-0.15, -0.1) is 0 Å². The van der Waals surface area contributed by atoms with Crippen molar-refractivity contribution in [1.29, 1.82) is 0 Å². The number of H-pyrrole nitrogens is 1. The molecule has 0 fully saturated rings. The van der Waals surface area contributed by atoms with Crippen LogP contribution >= 0.6 is 189 Å². The van der Waals surface area contributed by atoms with E-state index in [1.54, 1.807) is 0 Å². The first kappa shape index (κ1) is 56.6. The number of halogens is 12. The summed E-state index contributed by atoms with van der Waals surface area (Å²) in [5.74, 6) is 0. The van der Waals surface area contributed by atoms with Crippen molar-refractivity contribution in [2.45, 2.75) is 0 Å². The number of nitrogens with one attached hydrogen (secondary N) is 1. The van der Waals surface area contributed by atoms with Crippen LogP contribution in [0.3, 0.4) is 0 Å². The minimum atomic E-state index is 0.744. The molecule has 0 aliphatic rings. The highest BCUT2D eigenvalue weighted by Crippen LogP contribution is 2.45. The van der Waals surface area contributed by atoms with Crippen LogP contribution in [0.5, 0.6) is 0 Å². The van der Waals surface area contributed by atoms with Crippen LogP contribution in [-0.2, 0) is 0 Å². The summed E-state index contributed by atoms with van der Waals surface area (Å²) in [7, 11) is 0. The molecule has 0 saturated heterocycles. The average molecular weight is 1780 g/mol. The molecule has 0 unspecified atom stereocenters.